The molecule has 29 heavy (non-hydrogen) atoms. The minimum absolute atomic E-state index is 0.170. The average molecular weight is 407 g/mol. The van der Waals surface area contributed by atoms with Gasteiger partial charge in [0.15, 0.2) is 6.16 Å². The molecule has 3 aromatic carbocycles. The molecular weight excluding hydrogens is 383 g/mol. The summed E-state index contributed by atoms with van der Waals surface area (Å²) in [5.74, 6) is -0.700. The van der Waals surface area contributed by atoms with Gasteiger partial charge < -0.3 is 9.47 Å². The van der Waals surface area contributed by atoms with Gasteiger partial charge in [0.25, 0.3) is 0 Å². The summed E-state index contributed by atoms with van der Waals surface area (Å²) < 4.78 is 10.4. The summed E-state index contributed by atoms with van der Waals surface area (Å²) in [6, 6.07) is 27.2. The first-order valence-corrected chi connectivity index (χ1v) is 11.4. The van der Waals surface area contributed by atoms with Gasteiger partial charge >= 0.3 is 11.9 Å². The smallest absolute Gasteiger partial charge is 0.345 e. The van der Waals surface area contributed by atoms with Crippen LogP contribution in [0.5, 0.6) is 0 Å². The third kappa shape index (κ3) is 4.23. The molecule has 0 aliphatic carbocycles. The third-order valence-electron chi connectivity index (χ3n) is 4.79. The van der Waals surface area contributed by atoms with Crippen molar-refractivity contribution in [2.75, 3.05) is 19.9 Å². The van der Waals surface area contributed by atoms with Gasteiger partial charge in [-0.15, -0.1) is 0 Å². The molecule has 0 saturated heterocycles. The molecule has 3 rings (SSSR count). The van der Waals surface area contributed by atoms with E-state index in [0.717, 1.165) is 15.9 Å². The molecule has 5 heteroatoms. The van der Waals surface area contributed by atoms with E-state index in [1.807, 2.05) is 78.9 Å². The van der Waals surface area contributed by atoms with Gasteiger partial charge in [-0.2, -0.15) is 0 Å². The van der Waals surface area contributed by atoms with Crippen molar-refractivity contribution in [2.24, 2.45) is 0 Å². The highest BCUT2D eigenvalue weighted by Crippen LogP contribution is 2.56. The van der Waals surface area contributed by atoms with Crippen LogP contribution < -0.4 is 15.9 Å². The molecule has 0 aliphatic rings. The molecule has 0 aromatic heterocycles. The van der Waals surface area contributed by atoms with E-state index in [0.29, 0.717) is 12.2 Å². The van der Waals surface area contributed by atoms with E-state index >= 15 is 0 Å². The SMILES string of the molecule is CCOC(=O)C[P+](c1ccccc1)(c1ccccc1)c1ccccc1C(=O)OC. The molecule has 0 amide bonds. The minimum atomic E-state index is -2.52. The third-order valence-corrected chi connectivity index (χ3v) is 9.09. The first kappa shape index (κ1) is 20.8. The fourth-order valence-electron chi connectivity index (χ4n) is 3.55. The number of carbonyl (C=O) groups excluding carboxylic acids is 2. The molecule has 3 aromatic rings. The Balaban J connectivity index is 2.37. The fourth-order valence-corrected chi connectivity index (χ4v) is 7.70. The van der Waals surface area contributed by atoms with Crippen molar-refractivity contribution in [3.63, 3.8) is 0 Å². The maximum absolute atomic E-state index is 12.8. The number of carbonyl (C=O) groups is 2. The van der Waals surface area contributed by atoms with Gasteiger partial charge in [-0.25, -0.2) is 9.59 Å². The summed E-state index contributed by atoms with van der Waals surface area (Å²) in [5, 5.41) is 2.84. The van der Waals surface area contributed by atoms with Crippen LogP contribution in [0.25, 0.3) is 0 Å². The van der Waals surface area contributed by atoms with Crippen LogP contribution in [0.1, 0.15) is 17.3 Å². The molecule has 0 bridgehead atoms. The van der Waals surface area contributed by atoms with E-state index in [1.54, 1.807) is 13.0 Å². The van der Waals surface area contributed by atoms with E-state index in [1.165, 1.54) is 7.11 Å². The number of rotatable bonds is 7. The van der Waals surface area contributed by atoms with Gasteiger partial charge in [0.05, 0.1) is 13.7 Å². The number of benzene rings is 3. The molecule has 0 saturated carbocycles. The zero-order chi connectivity index (χ0) is 20.7. The Morgan fingerprint density at radius 3 is 1.83 bits per heavy atom. The van der Waals surface area contributed by atoms with Crippen LogP contribution in [-0.2, 0) is 14.3 Å². The number of hydrogen-bond donors (Lipinski definition) is 0. The van der Waals surface area contributed by atoms with Gasteiger partial charge in [-0.1, -0.05) is 48.5 Å². The molecule has 0 atom stereocenters. The molecule has 0 unspecified atom stereocenters. The van der Waals surface area contributed by atoms with Crippen LogP contribution in [-0.4, -0.2) is 31.8 Å². The predicted octanol–water partition coefficient (Wildman–Crippen LogP) is 3.33. The van der Waals surface area contributed by atoms with Crippen molar-refractivity contribution < 1.29 is 19.1 Å². The summed E-state index contributed by atoms with van der Waals surface area (Å²) in [5.41, 5.74) is 0.473. The van der Waals surface area contributed by atoms with Gasteiger partial charge in [0.1, 0.15) is 28.7 Å². The van der Waals surface area contributed by atoms with Crippen LogP contribution in [0.2, 0.25) is 0 Å². The second-order valence-electron chi connectivity index (χ2n) is 6.45. The lowest BCUT2D eigenvalue weighted by Gasteiger charge is -2.28. The highest BCUT2D eigenvalue weighted by Gasteiger charge is 2.50. The maximum Gasteiger partial charge on any atom is 0.345 e. The zero-order valence-electron chi connectivity index (χ0n) is 16.6. The Bertz CT molecular complexity index is 931. The monoisotopic (exact) mass is 407 g/mol. The van der Waals surface area contributed by atoms with Crippen molar-refractivity contribution >= 4 is 35.1 Å². The Labute approximate surface area is 171 Å². The van der Waals surface area contributed by atoms with Crippen LogP contribution in [0.4, 0.5) is 0 Å². The lowest BCUT2D eigenvalue weighted by atomic mass is 10.2. The molecule has 0 radical (unpaired) electrons. The van der Waals surface area contributed by atoms with E-state index in [4.69, 9.17) is 9.47 Å². The zero-order valence-corrected chi connectivity index (χ0v) is 17.5. The summed E-state index contributed by atoms with van der Waals surface area (Å²) in [6.45, 7) is 2.10. The summed E-state index contributed by atoms with van der Waals surface area (Å²) in [6.07, 6.45) is 0.170. The quantitative estimate of drug-likeness (QED) is 0.445. The highest BCUT2D eigenvalue weighted by atomic mass is 31.2. The minimum Gasteiger partial charge on any atom is -0.465 e. The van der Waals surface area contributed by atoms with Crippen molar-refractivity contribution in [3.8, 4) is 0 Å². The molecule has 0 fully saturated rings. The van der Waals surface area contributed by atoms with Crippen LogP contribution in [0.15, 0.2) is 84.9 Å². The van der Waals surface area contributed by atoms with Crippen LogP contribution in [0, 0.1) is 0 Å². The second kappa shape index (κ2) is 9.49. The van der Waals surface area contributed by atoms with E-state index in [9.17, 15) is 9.59 Å². The van der Waals surface area contributed by atoms with Crippen LogP contribution >= 0.6 is 7.26 Å². The maximum atomic E-state index is 12.8. The van der Waals surface area contributed by atoms with Crippen molar-refractivity contribution in [1.29, 1.82) is 0 Å². The summed E-state index contributed by atoms with van der Waals surface area (Å²) >= 11 is 0. The lowest BCUT2D eigenvalue weighted by molar-refractivity contribution is -0.139. The van der Waals surface area contributed by atoms with E-state index in [2.05, 4.69) is 0 Å². The fraction of sp³-hybridized carbons (Fsp3) is 0.167. The summed E-state index contributed by atoms with van der Waals surface area (Å²) in [7, 11) is -1.15. The lowest BCUT2D eigenvalue weighted by Crippen LogP contribution is -2.38. The Kier molecular flexibility index (Phi) is 6.79. The van der Waals surface area contributed by atoms with Gasteiger partial charge in [0.2, 0.25) is 0 Å². The molecular formula is C24H24O4P+. The molecule has 0 heterocycles. The van der Waals surface area contributed by atoms with E-state index in [-0.39, 0.29) is 12.1 Å². The number of ether oxygens (including phenoxy) is 2. The number of hydrogen-bond acceptors (Lipinski definition) is 4. The Hall–Kier alpha value is -2.97. The molecule has 148 valence electrons. The molecule has 0 aliphatic heterocycles. The first-order valence-electron chi connectivity index (χ1n) is 9.46. The highest BCUT2D eigenvalue weighted by molar-refractivity contribution is 7.96. The van der Waals surface area contributed by atoms with Crippen molar-refractivity contribution in [1.82, 2.24) is 0 Å². The predicted molar refractivity (Wildman–Crippen MR) is 118 cm³/mol. The average Bonchev–Trinajstić information content (AvgIpc) is 2.78. The number of esters is 2. The first-order chi connectivity index (χ1) is 14.1. The largest absolute Gasteiger partial charge is 0.465 e. The number of methoxy groups -OCH3 is 1. The van der Waals surface area contributed by atoms with Gasteiger partial charge in [-0.3, -0.25) is 0 Å². The second-order valence-corrected chi connectivity index (χ2v) is 9.90. The standard InChI is InChI=1S/C24H24O4P/c1-3-28-23(25)18-29(19-12-6-4-7-13-19,20-14-8-5-9-15-20)22-17-11-10-16-21(22)24(26)27-2/h4-17H,3,18H2,1-2H3/q+1. The molecule has 4 nitrogen and oxygen atoms in total. The van der Waals surface area contributed by atoms with Gasteiger partial charge in [-0.05, 0) is 43.3 Å². The Morgan fingerprint density at radius 2 is 1.31 bits per heavy atom. The molecule has 0 spiro atoms. The summed E-state index contributed by atoms with van der Waals surface area (Å²) in [4.78, 5) is 25.5. The van der Waals surface area contributed by atoms with Crippen molar-refractivity contribution in [2.45, 2.75) is 6.92 Å². The Morgan fingerprint density at radius 1 is 0.793 bits per heavy atom. The normalized spacial score (nSPS) is 11.0. The van der Waals surface area contributed by atoms with E-state index < -0.39 is 13.2 Å². The van der Waals surface area contributed by atoms with Crippen molar-refractivity contribution in [3.05, 3.63) is 90.5 Å². The topological polar surface area (TPSA) is 52.6 Å². The van der Waals surface area contributed by atoms with Gasteiger partial charge in [0, 0.05) is 0 Å². The molecule has 0 N–H and O–H groups in total. The van der Waals surface area contributed by atoms with Crippen LogP contribution in [0.3, 0.4) is 0 Å².